The first kappa shape index (κ1) is 23.8. The van der Waals surface area contributed by atoms with Crippen molar-refractivity contribution in [3.05, 3.63) is 95.4 Å². The molecule has 4 aromatic rings. The lowest BCUT2D eigenvalue weighted by atomic mass is 10.1. The number of carboxylic acid groups (broad SMARTS) is 1. The molecule has 1 heterocycles. The highest BCUT2D eigenvalue weighted by atomic mass is 19.1. The van der Waals surface area contributed by atoms with Crippen molar-refractivity contribution >= 4 is 22.8 Å². The van der Waals surface area contributed by atoms with Gasteiger partial charge in [0.25, 0.3) is 5.91 Å². The van der Waals surface area contributed by atoms with E-state index in [1.165, 1.54) is 37.4 Å². The molecule has 0 aliphatic heterocycles. The molecule has 2 N–H and O–H groups in total. The molecule has 0 saturated heterocycles. The fraction of sp³-hybridized carbons (Fsp3) is 0.185. The second-order valence-electron chi connectivity index (χ2n) is 8.01. The topological polar surface area (TPSA) is 91.9 Å². The van der Waals surface area contributed by atoms with Crippen LogP contribution in [-0.2, 0) is 17.8 Å². The van der Waals surface area contributed by atoms with Gasteiger partial charge in [-0.05, 0) is 47.9 Å². The molecule has 0 bridgehead atoms. The summed E-state index contributed by atoms with van der Waals surface area (Å²) in [6, 6.07) is 18.2. The smallest absolute Gasteiger partial charge is 0.339 e. The van der Waals surface area contributed by atoms with E-state index >= 15 is 0 Å². The third-order valence-electron chi connectivity index (χ3n) is 5.74. The van der Waals surface area contributed by atoms with Crippen LogP contribution in [0.4, 0.5) is 4.39 Å². The number of nitrogens with zero attached hydrogens (tertiary/aromatic N) is 1. The zero-order valence-electron chi connectivity index (χ0n) is 19.2. The van der Waals surface area contributed by atoms with E-state index in [4.69, 9.17) is 9.47 Å². The number of methoxy groups -OCH3 is 1. The first-order chi connectivity index (χ1) is 16.9. The monoisotopic (exact) mass is 476 g/mol. The minimum atomic E-state index is -1.17. The number of nitrogens with one attached hydrogen (secondary N) is 1. The van der Waals surface area contributed by atoms with E-state index in [0.717, 1.165) is 22.0 Å². The molecule has 1 amide bonds. The van der Waals surface area contributed by atoms with Crippen LogP contribution in [0.15, 0.2) is 72.9 Å². The van der Waals surface area contributed by atoms with Gasteiger partial charge in [0.05, 0.1) is 7.11 Å². The summed E-state index contributed by atoms with van der Waals surface area (Å²) < 4.78 is 24.2. The van der Waals surface area contributed by atoms with E-state index in [1.807, 2.05) is 30.5 Å². The molecule has 0 spiro atoms. The number of carbonyl (C=O) groups excluding carboxylic acids is 1. The van der Waals surface area contributed by atoms with Gasteiger partial charge in [-0.25, -0.2) is 9.18 Å². The van der Waals surface area contributed by atoms with Crippen LogP contribution in [0.3, 0.4) is 0 Å². The Morgan fingerprint density at radius 2 is 1.83 bits per heavy atom. The Balaban J connectivity index is 1.51. The molecule has 3 aromatic carbocycles. The lowest BCUT2D eigenvalue weighted by molar-refractivity contribution is -0.134. The Kier molecular flexibility index (Phi) is 7.30. The predicted molar refractivity (Wildman–Crippen MR) is 129 cm³/mol. The summed E-state index contributed by atoms with van der Waals surface area (Å²) in [5.74, 6) is -1.39. The summed E-state index contributed by atoms with van der Waals surface area (Å²) in [6.45, 7) is 0.294. The Morgan fingerprint density at radius 1 is 1.06 bits per heavy atom. The molecule has 35 heavy (non-hydrogen) atoms. The molecule has 7 nitrogen and oxygen atoms in total. The molecule has 8 heteroatoms. The van der Waals surface area contributed by atoms with Gasteiger partial charge in [-0.15, -0.1) is 0 Å². The van der Waals surface area contributed by atoms with Gasteiger partial charge in [0.15, 0.2) is 6.61 Å². The summed E-state index contributed by atoms with van der Waals surface area (Å²) in [5, 5.41) is 10.5. The highest BCUT2D eigenvalue weighted by molar-refractivity contribution is 5.91. The van der Waals surface area contributed by atoms with E-state index in [2.05, 4.69) is 4.98 Å². The van der Waals surface area contributed by atoms with E-state index in [9.17, 15) is 19.1 Å². The van der Waals surface area contributed by atoms with Crippen molar-refractivity contribution in [3.63, 3.8) is 0 Å². The number of carbonyl (C=O) groups is 2. The van der Waals surface area contributed by atoms with E-state index in [-0.39, 0.29) is 36.2 Å². The molecule has 0 fully saturated rings. The largest absolute Gasteiger partial charge is 0.497 e. The number of aromatic amines is 1. The van der Waals surface area contributed by atoms with Crippen molar-refractivity contribution < 1.29 is 28.6 Å². The molecule has 1 aromatic heterocycles. The molecule has 180 valence electrons. The third-order valence-corrected chi connectivity index (χ3v) is 5.74. The Morgan fingerprint density at radius 3 is 2.57 bits per heavy atom. The number of benzene rings is 3. The summed E-state index contributed by atoms with van der Waals surface area (Å²) in [4.78, 5) is 29.6. The van der Waals surface area contributed by atoms with Gasteiger partial charge < -0.3 is 24.5 Å². The Hall–Kier alpha value is -4.33. The Bertz CT molecular complexity index is 1330. The molecule has 4 rings (SSSR count). The van der Waals surface area contributed by atoms with E-state index in [0.29, 0.717) is 18.7 Å². The van der Waals surface area contributed by atoms with Crippen molar-refractivity contribution in [2.45, 2.75) is 13.0 Å². The van der Waals surface area contributed by atoms with Gasteiger partial charge in [-0.1, -0.05) is 30.3 Å². The average molecular weight is 477 g/mol. The second kappa shape index (κ2) is 10.7. The lowest BCUT2D eigenvalue weighted by Gasteiger charge is -2.23. The van der Waals surface area contributed by atoms with Crippen molar-refractivity contribution in [1.29, 1.82) is 0 Å². The summed E-state index contributed by atoms with van der Waals surface area (Å²) in [6.07, 6.45) is 2.52. The molecular formula is C27H25FN2O5. The zero-order chi connectivity index (χ0) is 24.8. The third kappa shape index (κ3) is 5.78. The number of carboxylic acids is 1. The highest BCUT2D eigenvalue weighted by Gasteiger charge is 2.19. The van der Waals surface area contributed by atoms with Crippen LogP contribution in [0.25, 0.3) is 10.9 Å². The van der Waals surface area contributed by atoms with Gasteiger partial charge in [0, 0.05) is 36.3 Å². The van der Waals surface area contributed by atoms with E-state index in [1.54, 1.807) is 17.0 Å². The maximum Gasteiger partial charge on any atom is 0.339 e. The normalized spacial score (nSPS) is 10.8. The van der Waals surface area contributed by atoms with Gasteiger partial charge in [0.1, 0.15) is 22.9 Å². The number of hydrogen-bond acceptors (Lipinski definition) is 4. The van der Waals surface area contributed by atoms with Crippen LogP contribution in [0.2, 0.25) is 0 Å². The predicted octanol–water partition coefficient (Wildman–Crippen LogP) is 4.66. The fourth-order valence-electron chi connectivity index (χ4n) is 3.85. The first-order valence-corrected chi connectivity index (χ1v) is 11.1. The van der Waals surface area contributed by atoms with Crippen LogP contribution in [0.1, 0.15) is 21.5 Å². The Labute approximate surface area is 201 Å². The fourth-order valence-corrected chi connectivity index (χ4v) is 3.85. The average Bonchev–Trinajstić information content (AvgIpc) is 3.29. The maximum atomic E-state index is 13.4. The molecule has 0 atom stereocenters. The van der Waals surface area contributed by atoms with Crippen LogP contribution >= 0.6 is 0 Å². The second-order valence-corrected chi connectivity index (χ2v) is 8.01. The number of hydrogen-bond donors (Lipinski definition) is 2. The van der Waals surface area contributed by atoms with Crippen LogP contribution in [0, 0.1) is 5.82 Å². The van der Waals surface area contributed by atoms with Crippen LogP contribution in [-0.4, -0.2) is 47.1 Å². The van der Waals surface area contributed by atoms with Crippen LogP contribution < -0.4 is 9.47 Å². The summed E-state index contributed by atoms with van der Waals surface area (Å²) >= 11 is 0. The number of ether oxygens (including phenoxy) is 2. The van der Waals surface area contributed by atoms with Gasteiger partial charge >= 0.3 is 5.97 Å². The minimum Gasteiger partial charge on any atom is -0.497 e. The number of para-hydroxylation sites is 1. The molecule has 0 aliphatic rings. The van der Waals surface area contributed by atoms with Crippen molar-refractivity contribution in [3.8, 4) is 11.5 Å². The summed E-state index contributed by atoms with van der Waals surface area (Å²) in [5.41, 5.74) is 2.79. The minimum absolute atomic E-state index is 0.0450. The van der Waals surface area contributed by atoms with Crippen molar-refractivity contribution in [1.82, 2.24) is 9.88 Å². The summed E-state index contributed by atoms with van der Waals surface area (Å²) in [7, 11) is 1.46. The first-order valence-electron chi connectivity index (χ1n) is 11.1. The zero-order valence-corrected chi connectivity index (χ0v) is 19.2. The number of rotatable bonds is 10. The number of halogens is 1. The molecule has 0 radical (unpaired) electrons. The van der Waals surface area contributed by atoms with Crippen molar-refractivity contribution in [2.24, 2.45) is 0 Å². The molecule has 0 aliphatic carbocycles. The number of fused-ring (bicyclic) bond motifs is 1. The number of aromatic nitrogens is 1. The SMILES string of the molecule is COc1ccc(C(=O)O)c(OCC(=O)N(CCc2c[nH]c3ccccc23)Cc2ccc(F)cc2)c1. The van der Waals surface area contributed by atoms with Gasteiger partial charge in [0.2, 0.25) is 0 Å². The highest BCUT2D eigenvalue weighted by Crippen LogP contribution is 2.25. The van der Waals surface area contributed by atoms with Gasteiger partial charge in [-0.3, -0.25) is 4.79 Å². The van der Waals surface area contributed by atoms with E-state index < -0.39 is 5.97 Å². The maximum absolute atomic E-state index is 13.4. The quantitative estimate of drug-likeness (QED) is 0.347. The number of aromatic carboxylic acids is 1. The van der Waals surface area contributed by atoms with Crippen LogP contribution in [0.5, 0.6) is 11.5 Å². The number of H-pyrrole nitrogens is 1. The standard InChI is InChI=1S/C27H25FN2O5/c1-34-21-10-11-23(27(32)33)25(14-21)35-17-26(31)30(16-18-6-8-20(28)9-7-18)13-12-19-15-29-24-5-3-2-4-22(19)24/h2-11,14-15,29H,12-13,16-17H2,1H3,(H,32,33). The number of amides is 1. The van der Waals surface area contributed by atoms with Crippen molar-refractivity contribution in [2.75, 3.05) is 20.3 Å². The lowest BCUT2D eigenvalue weighted by Crippen LogP contribution is -2.36. The molecular weight excluding hydrogens is 451 g/mol. The molecule has 0 unspecified atom stereocenters. The molecule has 0 saturated carbocycles. The van der Waals surface area contributed by atoms with Gasteiger partial charge in [-0.2, -0.15) is 0 Å².